The van der Waals surface area contributed by atoms with E-state index in [0.717, 1.165) is 38.4 Å². The molecule has 0 spiro atoms. The molecule has 1 atom stereocenters. The number of aryl methyl sites for hydroxylation is 1. The summed E-state index contributed by atoms with van der Waals surface area (Å²) >= 11 is 0. The number of benzene rings is 1. The van der Waals surface area contributed by atoms with Crippen LogP contribution in [-0.2, 0) is 4.74 Å². The molecule has 1 aliphatic rings. The second kappa shape index (κ2) is 8.04. The summed E-state index contributed by atoms with van der Waals surface area (Å²) in [6, 6.07) is 11.8. The van der Waals surface area contributed by atoms with Crippen molar-refractivity contribution < 1.29 is 9.53 Å². The fourth-order valence-electron chi connectivity index (χ4n) is 2.81. The Morgan fingerprint density at radius 2 is 2.00 bits per heavy atom. The standard InChI is InChI=1S/C19H23N3O2/c1-15-4-6-16(7-5-15)18(14-22-9-11-24-12-10-22)21-19(23)17-3-2-8-20-13-17/h2-8,13,18H,9-12,14H2,1H3,(H,21,23). The molecule has 1 amide bonds. The van der Waals surface area contributed by atoms with Crippen molar-refractivity contribution in [1.29, 1.82) is 0 Å². The zero-order valence-electron chi connectivity index (χ0n) is 13.9. The Bertz CT molecular complexity index is 652. The van der Waals surface area contributed by atoms with E-state index in [1.807, 2.05) is 0 Å². The summed E-state index contributed by atoms with van der Waals surface area (Å²) in [4.78, 5) is 18.9. The lowest BCUT2D eigenvalue weighted by Gasteiger charge is -2.31. The number of amides is 1. The van der Waals surface area contributed by atoms with Gasteiger partial charge >= 0.3 is 0 Å². The molecular formula is C19H23N3O2. The number of hydrogen-bond acceptors (Lipinski definition) is 4. The molecule has 3 rings (SSSR count). The predicted octanol–water partition coefficient (Wildman–Crippen LogP) is 2.19. The topological polar surface area (TPSA) is 54.5 Å². The summed E-state index contributed by atoms with van der Waals surface area (Å²) in [5, 5.41) is 3.15. The van der Waals surface area contributed by atoms with E-state index >= 15 is 0 Å². The largest absolute Gasteiger partial charge is 0.379 e. The van der Waals surface area contributed by atoms with Gasteiger partial charge in [0.25, 0.3) is 5.91 Å². The number of hydrogen-bond donors (Lipinski definition) is 1. The number of nitrogens with zero attached hydrogens (tertiary/aromatic N) is 2. The van der Waals surface area contributed by atoms with Crippen LogP contribution >= 0.6 is 0 Å². The molecule has 1 aliphatic heterocycles. The van der Waals surface area contributed by atoms with Gasteiger partial charge in [-0.05, 0) is 24.6 Å². The van der Waals surface area contributed by atoms with E-state index in [1.165, 1.54) is 5.56 Å². The molecule has 5 heteroatoms. The third kappa shape index (κ3) is 4.40. The minimum atomic E-state index is -0.0954. The number of pyridine rings is 1. The summed E-state index contributed by atoms with van der Waals surface area (Å²) in [5.41, 5.74) is 2.91. The molecule has 0 bridgehead atoms. The molecule has 24 heavy (non-hydrogen) atoms. The van der Waals surface area contributed by atoms with E-state index in [2.05, 4.69) is 46.4 Å². The zero-order chi connectivity index (χ0) is 16.8. The molecule has 2 heterocycles. The summed E-state index contributed by atoms with van der Waals surface area (Å²) < 4.78 is 5.42. The quantitative estimate of drug-likeness (QED) is 0.916. The predicted molar refractivity (Wildman–Crippen MR) is 92.9 cm³/mol. The van der Waals surface area contributed by atoms with Gasteiger partial charge in [-0.2, -0.15) is 0 Å². The molecule has 5 nitrogen and oxygen atoms in total. The van der Waals surface area contributed by atoms with Crippen LogP contribution in [0.4, 0.5) is 0 Å². The van der Waals surface area contributed by atoms with Crippen LogP contribution in [0.25, 0.3) is 0 Å². The number of ether oxygens (including phenoxy) is 1. The summed E-state index contributed by atoms with van der Waals surface area (Å²) in [6.07, 6.45) is 3.26. The van der Waals surface area contributed by atoms with Crippen LogP contribution in [0.5, 0.6) is 0 Å². The molecular weight excluding hydrogens is 302 g/mol. The van der Waals surface area contributed by atoms with E-state index in [1.54, 1.807) is 24.5 Å². The molecule has 126 valence electrons. The SMILES string of the molecule is Cc1ccc(C(CN2CCOCC2)NC(=O)c2cccnc2)cc1. The Balaban J connectivity index is 1.75. The smallest absolute Gasteiger partial charge is 0.253 e. The number of rotatable bonds is 5. The van der Waals surface area contributed by atoms with Crippen LogP contribution < -0.4 is 5.32 Å². The summed E-state index contributed by atoms with van der Waals surface area (Å²) in [7, 11) is 0. The van der Waals surface area contributed by atoms with E-state index in [-0.39, 0.29) is 11.9 Å². The van der Waals surface area contributed by atoms with Crippen molar-refractivity contribution in [3.8, 4) is 0 Å². The first-order valence-electron chi connectivity index (χ1n) is 8.30. The zero-order valence-corrected chi connectivity index (χ0v) is 13.9. The van der Waals surface area contributed by atoms with E-state index in [4.69, 9.17) is 4.74 Å². The molecule has 0 saturated carbocycles. The Labute approximate surface area is 142 Å². The molecule has 1 unspecified atom stereocenters. The second-order valence-corrected chi connectivity index (χ2v) is 6.09. The number of carbonyl (C=O) groups is 1. The lowest BCUT2D eigenvalue weighted by Crippen LogP contribution is -2.43. The molecule has 1 aromatic carbocycles. The average molecular weight is 325 g/mol. The van der Waals surface area contributed by atoms with Crippen molar-refractivity contribution in [2.75, 3.05) is 32.8 Å². The first kappa shape index (κ1) is 16.6. The van der Waals surface area contributed by atoms with Crippen molar-refractivity contribution in [3.05, 3.63) is 65.5 Å². The Hall–Kier alpha value is -2.24. The van der Waals surface area contributed by atoms with Crippen LogP contribution in [0.15, 0.2) is 48.8 Å². The average Bonchev–Trinajstić information content (AvgIpc) is 2.63. The van der Waals surface area contributed by atoms with Crippen molar-refractivity contribution >= 4 is 5.91 Å². The van der Waals surface area contributed by atoms with Crippen molar-refractivity contribution in [1.82, 2.24) is 15.2 Å². The van der Waals surface area contributed by atoms with E-state index in [0.29, 0.717) is 5.56 Å². The molecule has 1 aromatic heterocycles. The van der Waals surface area contributed by atoms with Gasteiger partial charge in [0, 0.05) is 32.0 Å². The Morgan fingerprint density at radius 3 is 2.67 bits per heavy atom. The van der Waals surface area contributed by atoms with Crippen LogP contribution in [-0.4, -0.2) is 48.6 Å². The van der Waals surface area contributed by atoms with Crippen molar-refractivity contribution in [3.63, 3.8) is 0 Å². The molecule has 2 aromatic rings. The van der Waals surface area contributed by atoms with Crippen molar-refractivity contribution in [2.45, 2.75) is 13.0 Å². The van der Waals surface area contributed by atoms with Gasteiger partial charge in [0.15, 0.2) is 0 Å². The van der Waals surface area contributed by atoms with Gasteiger partial charge in [0.05, 0.1) is 24.8 Å². The number of nitrogens with one attached hydrogen (secondary N) is 1. The van der Waals surface area contributed by atoms with Gasteiger partial charge in [-0.25, -0.2) is 0 Å². The minimum Gasteiger partial charge on any atom is -0.379 e. The number of carbonyl (C=O) groups excluding carboxylic acids is 1. The first-order chi connectivity index (χ1) is 11.7. The second-order valence-electron chi connectivity index (χ2n) is 6.09. The van der Waals surface area contributed by atoms with Gasteiger partial charge in [0.1, 0.15) is 0 Å². The molecule has 0 aliphatic carbocycles. The third-order valence-corrected chi connectivity index (χ3v) is 4.25. The lowest BCUT2D eigenvalue weighted by molar-refractivity contribution is 0.0332. The third-order valence-electron chi connectivity index (χ3n) is 4.25. The molecule has 0 radical (unpaired) electrons. The maximum absolute atomic E-state index is 12.5. The fraction of sp³-hybridized carbons (Fsp3) is 0.368. The van der Waals surface area contributed by atoms with Crippen LogP contribution in [0, 0.1) is 6.92 Å². The van der Waals surface area contributed by atoms with Crippen molar-refractivity contribution in [2.24, 2.45) is 0 Å². The molecule has 1 N–H and O–H groups in total. The fourth-order valence-corrected chi connectivity index (χ4v) is 2.81. The van der Waals surface area contributed by atoms with Gasteiger partial charge in [0.2, 0.25) is 0 Å². The highest BCUT2D eigenvalue weighted by Crippen LogP contribution is 2.17. The Kier molecular flexibility index (Phi) is 5.56. The van der Waals surface area contributed by atoms with Gasteiger partial charge in [-0.15, -0.1) is 0 Å². The van der Waals surface area contributed by atoms with E-state index < -0.39 is 0 Å². The maximum atomic E-state index is 12.5. The highest BCUT2D eigenvalue weighted by molar-refractivity contribution is 5.94. The van der Waals surface area contributed by atoms with Gasteiger partial charge < -0.3 is 10.1 Å². The van der Waals surface area contributed by atoms with Crippen LogP contribution in [0.2, 0.25) is 0 Å². The normalized spacial score (nSPS) is 16.5. The highest BCUT2D eigenvalue weighted by Gasteiger charge is 2.20. The Morgan fingerprint density at radius 1 is 1.25 bits per heavy atom. The monoisotopic (exact) mass is 325 g/mol. The maximum Gasteiger partial charge on any atom is 0.253 e. The van der Waals surface area contributed by atoms with E-state index in [9.17, 15) is 4.79 Å². The number of morpholine rings is 1. The molecule has 1 saturated heterocycles. The molecule has 1 fully saturated rings. The summed E-state index contributed by atoms with van der Waals surface area (Å²) in [5.74, 6) is -0.0954. The number of aromatic nitrogens is 1. The minimum absolute atomic E-state index is 0.0589. The van der Waals surface area contributed by atoms with Crippen LogP contribution in [0.1, 0.15) is 27.5 Å². The lowest BCUT2D eigenvalue weighted by atomic mass is 10.0. The van der Waals surface area contributed by atoms with Gasteiger partial charge in [-0.3, -0.25) is 14.7 Å². The first-order valence-corrected chi connectivity index (χ1v) is 8.30. The highest BCUT2D eigenvalue weighted by atomic mass is 16.5. The summed E-state index contributed by atoms with van der Waals surface area (Å²) in [6.45, 7) is 6.12. The van der Waals surface area contributed by atoms with Crippen LogP contribution in [0.3, 0.4) is 0 Å². The van der Waals surface area contributed by atoms with Gasteiger partial charge in [-0.1, -0.05) is 29.8 Å².